The zero-order valence-corrected chi connectivity index (χ0v) is 10.0. The van der Waals surface area contributed by atoms with Crippen molar-refractivity contribution in [2.75, 3.05) is 5.32 Å². The molecular weight excluding hydrogens is 276 g/mol. The minimum atomic E-state index is -0.112. The highest BCUT2D eigenvalue weighted by Gasteiger charge is 2.08. The fourth-order valence-electron chi connectivity index (χ4n) is 1.07. The normalized spacial score (nSPS) is 9.93. The number of nitrogens with one attached hydrogen (secondary N) is 1. The molecule has 0 spiro atoms. The van der Waals surface area contributed by atoms with E-state index >= 15 is 0 Å². The zero-order chi connectivity index (χ0) is 10.7. The highest BCUT2D eigenvalue weighted by Crippen LogP contribution is 2.20. The fourth-order valence-corrected chi connectivity index (χ4v) is 2.04. The van der Waals surface area contributed by atoms with Crippen molar-refractivity contribution in [3.63, 3.8) is 0 Å². The summed E-state index contributed by atoms with van der Waals surface area (Å²) >= 11 is 4.67. The molecule has 1 amide bonds. The Hall–Kier alpha value is -1.20. The molecule has 2 rings (SSSR count). The number of hydrogen-bond donors (Lipinski definition) is 1. The summed E-state index contributed by atoms with van der Waals surface area (Å²) in [4.78, 5) is 16.4. The van der Waals surface area contributed by atoms with Crippen LogP contribution in [0.2, 0.25) is 0 Å². The van der Waals surface area contributed by atoms with Gasteiger partial charge in [-0.1, -0.05) is 6.07 Å². The minimum absolute atomic E-state index is 0.112. The number of hydrogen-bond acceptors (Lipinski definition) is 3. The van der Waals surface area contributed by atoms with E-state index in [1.807, 2.05) is 11.4 Å². The lowest BCUT2D eigenvalue weighted by molar-refractivity contribution is 0.103. The van der Waals surface area contributed by atoms with E-state index < -0.39 is 0 Å². The van der Waals surface area contributed by atoms with Crippen LogP contribution in [0.4, 0.5) is 5.69 Å². The van der Waals surface area contributed by atoms with Gasteiger partial charge in [-0.2, -0.15) is 0 Å². The van der Waals surface area contributed by atoms with Gasteiger partial charge in [-0.3, -0.25) is 4.79 Å². The molecule has 76 valence electrons. The second-order valence-electron chi connectivity index (χ2n) is 2.77. The maximum atomic E-state index is 11.7. The number of aromatic nitrogens is 1. The molecule has 5 heteroatoms. The van der Waals surface area contributed by atoms with Crippen LogP contribution in [0.15, 0.2) is 40.4 Å². The number of rotatable bonds is 2. The van der Waals surface area contributed by atoms with Crippen molar-refractivity contribution in [3.8, 4) is 0 Å². The van der Waals surface area contributed by atoms with Gasteiger partial charge in [-0.05, 0) is 39.5 Å². The van der Waals surface area contributed by atoms with Crippen LogP contribution >= 0.6 is 27.3 Å². The molecule has 0 aliphatic carbocycles. The molecule has 0 aliphatic rings. The van der Waals surface area contributed by atoms with E-state index in [0.29, 0.717) is 15.2 Å². The quantitative estimate of drug-likeness (QED) is 0.860. The molecule has 0 aliphatic heterocycles. The molecule has 0 saturated carbocycles. The Balaban J connectivity index is 2.17. The van der Waals surface area contributed by atoms with E-state index in [1.165, 1.54) is 11.3 Å². The summed E-state index contributed by atoms with van der Waals surface area (Å²) in [7, 11) is 0. The predicted octanol–water partition coefficient (Wildman–Crippen LogP) is 3.16. The Morgan fingerprint density at radius 3 is 2.93 bits per heavy atom. The molecule has 3 nitrogen and oxygen atoms in total. The average molecular weight is 283 g/mol. The number of nitrogens with zero attached hydrogens (tertiary/aromatic N) is 1. The van der Waals surface area contributed by atoms with Gasteiger partial charge in [-0.25, -0.2) is 4.98 Å². The third-order valence-corrected chi connectivity index (χ3v) is 3.25. The van der Waals surface area contributed by atoms with Gasteiger partial charge in [0.25, 0.3) is 5.91 Å². The van der Waals surface area contributed by atoms with Crippen LogP contribution in [0.25, 0.3) is 0 Å². The van der Waals surface area contributed by atoms with Gasteiger partial charge in [-0.15, -0.1) is 11.3 Å². The van der Waals surface area contributed by atoms with Gasteiger partial charge >= 0.3 is 0 Å². The molecule has 2 aromatic heterocycles. The molecule has 0 unspecified atom stereocenters. The van der Waals surface area contributed by atoms with Crippen LogP contribution < -0.4 is 5.32 Å². The van der Waals surface area contributed by atoms with E-state index in [-0.39, 0.29) is 5.91 Å². The number of carbonyl (C=O) groups is 1. The Kier molecular flexibility index (Phi) is 3.13. The number of carbonyl (C=O) groups excluding carboxylic acids is 1. The highest BCUT2D eigenvalue weighted by atomic mass is 79.9. The molecular formula is C10H7BrN2OS. The lowest BCUT2D eigenvalue weighted by Gasteiger charge is -2.04. The van der Waals surface area contributed by atoms with Gasteiger partial charge < -0.3 is 5.32 Å². The molecule has 15 heavy (non-hydrogen) atoms. The van der Waals surface area contributed by atoms with Crippen molar-refractivity contribution in [1.29, 1.82) is 0 Å². The van der Waals surface area contributed by atoms with Crippen LogP contribution in [0.3, 0.4) is 0 Å². The molecule has 0 aromatic carbocycles. The number of anilines is 1. The Morgan fingerprint density at radius 1 is 1.40 bits per heavy atom. The van der Waals surface area contributed by atoms with Crippen molar-refractivity contribution in [3.05, 3.63) is 45.3 Å². The monoisotopic (exact) mass is 282 g/mol. The standard InChI is InChI=1S/C10H7BrN2OS/c11-9-7(3-1-5-12-9)13-10(14)8-4-2-6-15-8/h1-6H,(H,13,14). The van der Waals surface area contributed by atoms with Gasteiger partial charge in [0.05, 0.1) is 10.6 Å². The number of halogens is 1. The summed E-state index contributed by atoms with van der Waals surface area (Å²) in [6.45, 7) is 0. The average Bonchev–Trinajstić information content (AvgIpc) is 2.74. The minimum Gasteiger partial charge on any atom is -0.319 e. The number of thiophene rings is 1. The molecule has 0 saturated heterocycles. The highest BCUT2D eigenvalue weighted by molar-refractivity contribution is 9.10. The van der Waals surface area contributed by atoms with E-state index in [1.54, 1.807) is 24.4 Å². The third-order valence-electron chi connectivity index (χ3n) is 1.75. The molecule has 0 atom stereocenters. The summed E-state index contributed by atoms with van der Waals surface area (Å²) < 4.78 is 0.634. The Bertz CT molecular complexity index is 470. The van der Waals surface area contributed by atoms with Crippen LogP contribution in [-0.2, 0) is 0 Å². The second kappa shape index (κ2) is 4.55. The smallest absolute Gasteiger partial charge is 0.265 e. The maximum Gasteiger partial charge on any atom is 0.265 e. The molecule has 2 aromatic rings. The lowest BCUT2D eigenvalue weighted by atomic mass is 10.4. The molecule has 0 fully saturated rings. The van der Waals surface area contributed by atoms with E-state index in [2.05, 4.69) is 26.2 Å². The first-order chi connectivity index (χ1) is 7.27. The van der Waals surface area contributed by atoms with E-state index in [4.69, 9.17) is 0 Å². The van der Waals surface area contributed by atoms with Crippen molar-refractivity contribution in [2.24, 2.45) is 0 Å². The summed E-state index contributed by atoms with van der Waals surface area (Å²) in [6, 6.07) is 7.19. The summed E-state index contributed by atoms with van der Waals surface area (Å²) in [6.07, 6.45) is 1.66. The van der Waals surface area contributed by atoms with Crippen LogP contribution in [0, 0.1) is 0 Å². The van der Waals surface area contributed by atoms with Crippen LogP contribution in [0.5, 0.6) is 0 Å². The first-order valence-electron chi connectivity index (χ1n) is 4.23. The molecule has 0 radical (unpaired) electrons. The first kappa shape index (κ1) is 10.3. The SMILES string of the molecule is O=C(Nc1cccnc1Br)c1cccs1. The Labute approximate surface area is 99.3 Å². The van der Waals surface area contributed by atoms with Crippen molar-refractivity contribution < 1.29 is 4.79 Å². The molecule has 2 heterocycles. The summed E-state index contributed by atoms with van der Waals surface area (Å²) in [5, 5.41) is 4.64. The largest absolute Gasteiger partial charge is 0.319 e. The van der Waals surface area contributed by atoms with Crippen molar-refractivity contribution in [2.45, 2.75) is 0 Å². The van der Waals surface area contributed by atoms with Crippen LogP contribution in [-0.4, -0.2) is 10.9 Å². The van der Waals surface area contributed by atoms with Gasteiger partial charge in [0, 0.05) is 6.20 Å². The zero-order valence-electron chi connectivity index (χ0n) is 7.61. The van der Waals surface area contributed by atoms with Crippen LogP contribution in [0.1, 0.15) is 9.67 Å². The third kappa shape index (κ3) is 2.43. The van der Waals surface area contributed by atoms with Gasteiger partial charge in [0.15, 0.2) is 0 Å². The fraction of sp³-hybridized carbons (Fsp3) is 0. The number of pyridine rings is 1. The van der Waals surface area contributed by atoms with Crippen molar-refractivity contribution in [1.82, 2.24) is 4.98 Å². The van der Waals surface area contributed by atoms with Crippen molar-refractivity contribution >= 4 is 38.9 Å². The predicted molar refractivity (Wildman–Crippen MR) is 64.2 cm³/mol. The first-order valence-corrected chi connectivity index (χ1v) is 5.90. The summed E-state index contributed by atoms with van der Waals surface area (Å²) in [5.74, 6) is -0.112. The second-order valence-corrected chi connectivity index (χ2v) is 4.47. The topological polar surface area (TPSA) is 42.0 Å². The van der Waals surface area contributed by atoms with Gasteiger partial charge in [0.2, 0.25) is 0 Å². The lowest BCUT2D eigenvalue weighted by Crippen LogP contribution is -2.10. The molecule has 1 N–H and O–H groups in total. The summed E-state index contributed by atoms with van der Waals surface area (Å²) in [5.41, 5.74) is 0.677. The number of amides is 1. The van der Waals surface area contributed by atoms with E-state index in [0.717, 1.165) is 0 Å². The van der Waals surface area contributed by atoms with E-state index in [9.17, 15) is 4.79 Å². The Morgan fingerprint density at radius 2 is 2.27 bits per heavy atom. The van der Waals surface area contributed by atoms with Gasteiger partial charge in [0.1, 0.15) is 4.60 Å². The molecule has 0 bridgehead atoms. The maximum absolute atomic E-state index is 11.7.